The molecule has 0 unspecified atom stereocenters. The van der Waals surface area contributed by atoms with Gasteiger partial charge >= 0.3 is 0 Å². The van der Waals surface area contributed by atoms with Crippen LogP contribution in [-0.4, -0.2) is 4.75 Å². The maximum Gasteiger partial charge on any atom is 0.170 e. The summed E-state index contributed by atoms with van der Waals surface area (Å²) in [5, 5.41) is 1.11. The van der Waals surface area contributed by atoms with E-state index < -0.39 is 0 Å². The largest absolute Gasteiger partial charge is 0.453 e. The molecule has 0 aliphatic rings. The molecule has 0 aliphatic carbocycles. The normalized spacial score (nSPS) is 12.2. The van der Waals surface area contributed by atoms with Crippen molar-refractivity contribution in [3.05, 3.63) is 30.5 Å². The van der Waals surface area contributed by atoms with Gasteiger partial charge in [-0.15, -0.1) is 11.8 Å². The van der Waals surface area contributed by atoms with E-state index in [0.29, 0.717) is 0 Å². The summed E-state index contributed by atoms with van der Waals surface area (Å²) in [5.41, 5.74) is 0.916. The molecule has 0 fully saturated rings. The quantitative estimate of drug-likeness (QED) is 0.649. The molecule has 1 aromatic carbocycles. The molecular formula is C12H13OS. The fraction of sp³-hybridized carbons (Fsp3) is 0.333. The Bertz CT molecular complexity index is 437. The molecular weight excluding hydrogens is 192 g/mol. The van der Waals surface area contributed by atoms with Crippen LogP contribution < -0.4 is 0 Å². The van der Waals surface area contributed by atoms with Gasteiger partial charge in [0.05, 0.1) is 0 Å². The Morgan fingerprint density at radius 3 is 2.79 bits per heavy atom. The molecule has 1 radical (unpaired) electrons. The molecule has 1 nitrogen and oxygen atoms in total. The average Bonchev–Trinajstić information content (AvgIpc) is 2.47. The second kappa shape index (κ2) is 3.35. The van der Waals surface area contributed by atoms with Gasteiger partial charge in [0.1, 0.15) is 5.58 Å². The van der Waals surface area contributed by atoms with Crippen LogP contribution in [0.1, 0.15) is 20.8 Å². The van der Waals surface area contributed by atoms with Crippen molar-refractivity contribution in [3.8, 4) is 0 Å². The van der Waals surface area contributed by atoms with Gasteiger partial charge in [0, 0.05) is 15.0 Å². The Balaban J connectivity index is 2.35. The molecule has 14 heavy (non-hydrogen) atoms. The Hall–Kier alpha value is -0.890. The standard InChI is InChI=1S/C12H13OS/c1-12(2,3)14-10-5-4-9-6-7-13-11(9)8-10/h4-6,8H,1-3H3. The Morgan fingerprint density at radius 1 is 1.29 bits per heavy atom. The fourth-order valence-electron chi connectivity index (χ4n) is 1.30. The number of thioether (sulfide) groups is 1. The van der Waals surface area contributed by atoms with Crippen molar-refractivity contribution in [1.82, 2.24) is 0 Å². The number of hydrogen-bond donors (Lipinski definition) is 0. The van der Waals surface area contributed by atoms with E-state index in [1.807, 2.05) is 17.8 Å². The second-order valence-electron chi connectivity index (χ2n) is 4.28. The predicted octanol–water partition coefficient (Wildman–Crippen LogP) is 4.12. The molecule has 2 aromatic rings. The lowest BCUT2D eigenvalue weighted by Crippen LogP contribution is -2.06. The van der Waals surface area contributed by atoms with E-state index in [9.17, 15) is 0 Å². The summed E-state index contributed by atoms with van der Waals surface area (Å²) in [7, 11) is 0. The Morgan fingerprint density at radius 2 is 2.07 bits per heavy atom. The van der Waals surface area contributed by atoms with Gasteiger partial charge in [0.15, 0.2) is 6.26 Å². The first-order chi connectivity index (χ1) is 6.54. The van der Waals surface area contributed by atoms with Crippen LogP contribution in [-0.2, 0) is 0 Å². The molecule has 0 aliphatic heterocycles. The van der Waals surface area contributed by atoms with E-state index in [1.54, 1.807) is 0 Å². The lowest BCUT2D eigenvalue weighted by Gasteiger charge is -2.17. The number of fused-ring (bicyclic) bond motifs is 1. The van der Waals surface area contributed by atoms with Crippen LogP contribution in [0.4, 0.5) is 0 Å². The highest BCUT2D eigenvalue weighted by molar-refractivity contribution is 8.00. The van der Waals surface area contributed by atoms with Crippen molar-refractivity contribution in [1.29, 1.82) is 0 Å². The van der Waals surface area contributed by atoms with Gasteiger partial charge in [-0.05, 0) is 24.3 Å². The monoisotopic (exact) mass is 205 g/mol. The molecule has 73 valence electrons. The summed E-state index contributed by atoms with van der Waals surface area (Å²) >= 11 is 1.85. The summed E-state index contributed by atoms with van der Waals surface area (Å²) in [6.45, 7) is 6.61. The van der Waals surface area contributed by atoms with Crippen molar-refractivity contribution in [3.63, 3.8) is 0 Å². The Labute approximate surface area is 88.5 Å². The molecule has 0 saturated heterocycles. The van der Waals surface area contributed by atoms with Gasteiger partial charge in [-0.1, -0.05) is 20.8 Å². The van der Waals surface area contributed by atoms with Crippen LogP contribution >= 0.6 is 11.8 Å². The molecule has 0 bridgehead atoms. The zero-order valence-electron chi connectivity index (χ0n) is 8.63. The third-order valence-electron chi connectivity index (χ3n) is 1.79. The number of benzene rings is 1. The molecule has 0 N–H and O–H groups in total. The molecule has 0 amide bonds. The smallest absolute Gasteiger partial charge is 0.170 e. The van der Waals surface area contributed by atoms with E-state index in [-0.39, 0.29) is 4.75 Å². The van der Waals surface area contributed by atoms with E-state index >= 15 is 0 Å². The minimum atomic E-state index is 0.240. The minimum absolute atomic E-state index is 0.240. The highest BCUT2D eigenvalue weighted by atomic mass is 32.2. The highest BCUT2D eigenvalue weighted by Gasteiger charge is 2.12. The molecule has 0 spiro atoms. The molecule has 1 heterocycles. The third-order valence-corrected chi connectivity index (χ3v) is 2.89. The predicted molar refractivity (Wildman–Crippen MR) is 60.7 cm³/mol. The molecule has 0 saturated carbocycles. The average molecular weight is 205 g/mol. The summed E-state index contributed by atoms with van der Waals surface area (Å²) < 4.78 is 5.47. The SMILES string of the molecule is CC(C)(C)Sc1ccc2c[c]oc2c1. The van der Waals surface area contributed by atoms with Crippen LogP contribution in [0.25, 0.3) is 11.0 Å². The highest BCUT2D eigenvalue weighted by Crippen LogP contribution is 2.33. The number of hydrogen-bond acceptors (Lipinski definition) is 2. The Kier molecular flexibility index (Phi) is 2.31. The topological polar surface area (TPSA) is 13.1 Å². The van der Waals surface area contributed by atoms with E-state index in [1.165, 1.54) is 4.90 Å². The molecule has 1 aromatic heterocycles. The van der Waals surface area contributed by atoms with Gasteiger partial charge < -0.3 is 4.42 Å². The third kappa shape index (κ3) is 2.13. The fourth-order valence-corrected chi connectivity index (χ4v) is 2.30. The summed E-state index contributed by atoms with van der Waals surface area (Å²) in [5.74, 6) is 0. The maximum absolute atomic E-state index is 5.23. The minimum Gasteiger partial charge on any atom is -0.453 e. The van der Waals surface area contributed by atoms with E-state index in [2.05, 4.69) is 45.2 Å². The maximum atomic E-state index is 5.23. The molecule has 0 atom stereocenters. The van der Waals surface area contributed by atoms with Gasteiger partial charge in [0.25, 0.3) is 0 Å². The lowest BCUT2D eigenvalue weighted by atomic mass is 10.2. The first-order valence-electron chi connectivity index (χ1n) is 4.63. The van der Waals surface area contributed by atoms with Gasteiger partial charge in [-0.3, -0.25) is 0 Å². The van der Waals surface area contributed by atoms with Crippen LogP contribution in [0.2, 0.25) is 0 Å². The summed E-state index contributed by atoms with van der Waals surface area (Å²) in [6, 6.07) is 8.13. The van der Waals surface area contributed by atoms with Crippen LogP contribution in [0.3, 0.4) is 0 Å². The number of furan rings is 1. The van der Waals surface area contributed by atoms with Crippen molar-refractivity contribution in [2.24, 2.45) is 0 Å². The zero-order valence-corrected chi connectivity index (χ0v) is 9.44. The number of rotatable bonds is 1. The van der Waals surface area contributed by atoms with Crippen LogP contribution in [0.15, 0.2) is 33.6 Å². The summed E-state index contributed by atoms with van der Waals surface area (Å²) in [4.78, 5) is 1.24. The molecule has 2 rings (SSSR count). The molecule has 2 heteroatoms. The zero-order chi connectivity index (χ0) is 10.2. The first kappa shape index (κ1) is 9.66. The van der Waals surface area contributed by atoms with Crippen LogP contribution in [0.5, 0.6) is 0 Å². The van der Waals surface area contributed by atoms with Gasteiger partial charge in [-0.25, -0.2) is 0 Å². The van der Waals surface area contributed by atoms with E-state index in [4.69, 9.17) is 4.42 Å². The van der Waals surface area contributed by atoms with Gasteiger partial charge in [-0.2, -0.15) is 0 Å². The van der Waals surface area contributed by atoms with Crippen LogP contribution in [0, 0.1) is 6.26 Å². The first-order valence-corrected chi connectivity index (χ1v) is 5.45. The summed E-state index contributed by atoms with van der Waals surface area (Å²) in [6.07, 6.45) is 2.74. The van der Waals surface area contributed by atoms with Crippen molar-refractivity contribution >= 4 is 22.7 Å². The van der Waals surface area contributed by atoms with Crippen molar-refractivity contribution in [2.45, 2.75) is 30.4 Å². The van der Waals surface area contributed by atoms with Crippen molar-refractivity contribution < 1.29 is 4.42 Å². The van der Waals surface area contributed by atoms with Gasteiger partial charge in [0.2, 0.25) is 0 Å². The lowest BCUT2D eigenvalue weighted by molar-refractivity contribution is 0.605. The van der Waals surface area contributed by atoms with Crippen molar-refractivity contribution in [2.75, 3.05) is 0 Å². The second-order valence-corrected chi connectivity index (χ2v) is 6.18. The van der Waals surface area contributed by atoms with E-state index in [0.717, 1.165) is 11.0 Å².